The number of fused-ring (bicyclic) bond motifs is 1. The highest BCUT2D eigenvalue weighted by molar-refractivity contribution is 5.74. The number of likely N-dealkylation sites (N-methyl/N-ethyl adjacent to an activating group) is 1. The molecule has 2 aliphatic rings. The van der Waals surface area contributed by atoms with Crippen LogP contribution in [0.3, 0.4) is 0 Å². The minimum absolute atomic E-state index is 0.301. The lowest BCUT2D eigenvalue weighted by Crippen LogP contribution is -2.66. The second-order valence-electron chi connectivity index (χ2n) is 5.06. The number of amides is 2. The van der Waals surface area contributed by atoms with Crippen molar-refractivity contribution in [3.05, 3.63) is 0 Å². The third-order valence-electron chi connectivity index (χ3n) is 4.08. The summed E-state index contributed by atoms with van der Waals surface area (Å²) in [6.07, 6.45) is -2.10. The summed E-state index contributed by atoms with van der Waals surface area (Å²) in [4.78, 5) is 14.9. The van der Waals surface area contributed by atoms with Crippen molar-refractivity contribution in [2.45, 2.75) is 36.8 Å². The Morgan fingerprint density at radius 3 is 2.61 bits per heavy atom. The average Bonchev–Trinajstić information content (AvgIpc) is 2.73. The fraction of sp³-hybridized carbons (Fsp3) is 0.909. The second-order valence-corrected chi connectivity index (χ2v) is 5.06. The summed E-state index contributed by atoms with van der Waals surface area (Å²) in [5, 5.41) is 32.5. The van der Waals surface area contributed by atoms with E-state index in [-0.39, 0.29) is 6.03 Å². The second kappa shape index (κ2) is 5.00. The van der Waals surface area contributed by atoms with Crippen LogP contribution < -0.4 is 5.32 Å². The maximum Gasteiger partial charge on any atom is 0.317 e. The van der Waals surface area contributed by atoms with E-state index in [1.54, 1.807) is 7.05 Å². The van der Waals surface area contributed by atoms with E-state index in [0.717, 1.165) is 0 Å². The summed E-state index contributed by atoms with van der Waals surface area (Å²) in [5.41, 5.74) is 0. The third kappa shape index (κ3) is 2.07. The van der Waals surface area contributed by atoms with E-state index >= 15 is 0 Å². The third-order valence-corrected chi connectivity index (χ3v) is 4.08. The van der Waals surface area contributed by atoms with Gasteiger partial charge in [-0.1, -0.05) is 0 Å². The molecule has 2 heterocycles. The molecule has 2 fully saturated rings. The van der Waals surface area contributed by atoms with Crippen molar-refractivity contribution < 1.29 is 20.1 Å². The van der Waals surface area contributed by atoms with Gasteiger partial charge < -0.3 is 25.5 Å². The van der Waals surface area contributed by atoms with Crippen LogP contribution in [-0.2, 0) is 0 Å². The zero-order chi connectivity index (χ0) is 13.4. The van der Waals surface area contributed by atoms with Gasteiger partial charge in [0.05, 0.1) is 24.3 Å². The van der Waals surface area contributed by atoms with Gasteiger partial charge in [0.2, 0.25) is 0 Å². The lowest BCUT2D eigenvalue weighted by atomic mass is 9.91. The monoisotopic (exact) mass is 259 g/mol. The van der Waals surface area contributed by atoms with Crippen LogP contribution in [0.4, 0.5) is 4.79 Å². The predicted octanol–water partition coefficient (Wildman–Crippen LogP) is -2.20. The molecule has 0 bridgehead atoms. The molecule has 104 valence electrons. The van der Waals surface area contributed by atoms with Crippen molar-refractivity contribution in [3.63, 3.8) is 0 Å². The van der Waals surface area contributed by atoms with E-state index in [9.17, 15) is 20.1 Å². The van der Waals surface area contributed by atoms with E-state index < -0.39 is 30.4 Å². The maximum absolute atomic E-state index is 11.6. The summed E-state index contributed by atoms with van der Waals surface area (Å²) >= 11 is 0. The van der Waals surface area contributed by atoms with Crippen LogP contribution in [0.5, 0.6) is 0 Å². The molecular weight excluding hydrogens is 238 g/mol. The van der Waals surface area contributed by atoms with E-state index in [2.05, 4.69) is 5.32 Å². The molecular formula is C11H21N3O4. The van der Waals surface area contributed by atoms with E-state index in [0.29, 0.717) is 19.5 Å². The van der Waals surface area contributed by atoms with Crippen molar-refractivity contribution in [1.29, 1.82) is 0 Å². The molecule has 0 saturated carbocycles. The normalized spacial score (nSPS) is 40.4. The fourth-order valence-corrected chi connectivity index (χ4v) is 2.97. The molecule has 0 aromatic heterocycles. The topological polar surface area (TPSA) is 96.3 Å². The summed E-state index contributed by atoms with van der Waals surface area (Å²) in [7, 11) is 3.11. The first-order chi connectivity index (χ1) is 8.47. The Labute approximate surface area is 106 Å². The zero-order valence-corrected chi connectivity index (χ0v) is 10.7. The van der Waals surface area contributed by atoms with Crippen LogP contribution in [-0.4, -0.2) is 88.7 Å². The molecule has 0 aromatic rings. The Morgan fingerprint density at radius 2 is 2.00 bits per heavy atom. The molecule has 0 radical (unpaired) electrons. The lowest BCUT2D eigenvalue weighted by Gasteiger charge is -2.45. The first kappa shape index (κ1) is 13.5. The van der Waals surface area contributed by atoms with Crippen LogP contribution >= 0.6 is 0 Å². The van der Waals surface area contributed by atoms with Crippen molar-refractivity contribution in [1.82, 2.24) is 15.1 Å². The molecule has 0 spiro atoms. The Kier molecular flexibility index (Phi) is 3.76. The van der Waals surface area contributed by atoms with Crippen LogP contribution in [0.15, 0.2) is 0 Å². The van der Waals surface area contributed by atoms with Crippen molar-refractivity contribution in [2.75, 3.05) is 27.2 Å². The fourth-order valence-electron chi connectivity index (χ4n) is 2.97. The molecule has 0 aliphatic carbocycles. The number of carbonyl (C=O) groups is 1. The molecule has 7 nitrogen and oxygen atoms in total. The standard InChI is InChI=1S/C11H21N3O4/c1-12-11(18)13(2)6-5-14-4-3-7(15)8(14)10(17)9(6)16/h6-10,15-17H,3-5H2,1-2H3,(H,12,18)/t6-,7-,8?,9+,10+/m0/s1. The van der Waals surface area contributed by atoms with Crippen LogP contribution in [0.25, 0.3) is 0 Å². The van der Waals surface area contributed by atoms with E-state index in [1.807, 2.05) is 4.90 Å². The number of carbonyl (C=O) groups excluding carboxylic acids is 1. The minimum atomic E-state index is -1.04. The molecule has 1 unspecified atom stereocenters. The Morgan fingerprint density at radius 1 is 1.33 bits per heavy atom. The molecule has 2 saturated heterocycles. The summed E-state index contributed by atoms with van der Waals surface area (Å²) in [5.74, 6) is 0. The smallest absolute Gasteiger partial charge is 0.317 e. The molecule has 5 atom stereocenters. The molecule has 4 N–H and O–H groups in total. The molecule has 0 aromatic carbocycles. The van der Waals surface area contributed by atoms with E-state index in [1.165, 1.54) is 11.9 Å². The highest BCUT2D eigenvalue weighted by atomic mass is 16.3. The van der Waals surface area contributed by atoms with Gasteiger partial charge in [-0.05, 0) is 6.42 Å². The first-order valence-corrected chi connectivity index (χ1v) is 6.20. The summed E-state index contributed by atoms with van der Waals surface area (Å²) in [6, 6.07) is -1.19. The van der Waals surface area contributed by atoms with Gasteiger partial charge in [-0.2, -0.15) is 0 Å². The summed E-state index contributed by atoms with van der Waals surface area (Å²) in [6.45, 7) is 1.14. The number of aliphatic hydroxyl groups excluding tert-OH is 3. The number of piperidine rings is 1. The molecule has 2 amide bonds. The van der Waals surface area contributed by atoms with Crippen molar-refractivity contribution in [2.24, 2.45) is 0 Å². The van der Waals surface area contributed by atoms with Gasteiger partial charge in [-0.15, -0.1) is 0 Å². The van der Waals surface area contributed by atoms with E-state index in [4.69, 9.17) is 0 Å². The van der Waals surface area contributed by atoms with Crippen LogP contribution in [0.2, 0.25) is 0 Å². The van der Waals surface area contributed by atoms with Gasteiger partial charge >= 0.3 is 6.03 Å². The number of rotatable bonds is 1. The molecule has 2 aliphatic heterocycles. The highest BCUT2D eigenvalue weighted by Gasteiger charge is 2.49. The van der Waals surface area contributed by atoms with Gasteiger partial charge in [0.1, 0.15) is 6.10 Å². The Balaban J connectivity index is 2.13. The molecule has 2 rings (SSSR count). The van der Waals surface area contributed by atoms with Gasteiger partial charge in [0.15, 0.2) is 0 Å². The number of aliphatic hydroxyl groups is 3. The SMILES string of the molecule is CNC(=O)N(C)[C@H]1CN2CC[C@H](O)C2[C@@H](O)[C@@H]1O. The van der Waals surface area contributed by atoms with Crippen LogP contribution in [0, 0.1) is 0 Å². The van der Waals surface area contributed by atoms with Gasteiger partial charge in [-0.25, -0.2) is 4.79 Å². The number of hydrogen-bond donors (Lipinski definition) is 4. The molecule has 18 heavy (non-hydrogen) atoms. The van der Waals surface area contributed by atoms with Crippen molar-refractivity contribution >= 4 is 6.03 Å². The van der Waals surface area contributed by atoms with Crippen molar-refractivity contribution in [3.8, 4) is 0 Å². The Hall–Kier alpha value is -0.890. The highest BCUT2D eigenvalue weighted by Crippen LogP contribution is 2.29. The van der Waals surface area contributed by atoms with Gasteiger partial charge in [0.25, 0.3) is 0 Å². The predicted molar refractivity (Wildman–Crippen MR) is 64.0 cm³/mol. The van der Waals surface area contributed by atoms with Crippen LogP contribution in [0.1, 0.15) is 6.42 Å². The number of hydrogen-bond acceptors (Lipinski definition) is 5. The Bertz CT molecular complexity index is 327. The maximum atomic E-state index is 11.6. The average molecular weight is 259 g/mol. The lowest BCUT2D eigenvalue weighted by molar-refractivity contribution is -0.115. The minimum Gasteiger partial charge on any atom is -0.391 e. The zero-order valence-electron chi connectivity index (χ0n) is 10.7. The summed E-state index contributed by atoms with van der Waals surface area (Å²) < 4.78 is 0. The quantitative estimate of drug-likeness (QED) is 0.428. The van der Waals surface area contributed by atoms with Gasteiger partial charge in [0, 0.05) is 27.2 Å². The number of nitrogens with one attached hydrogen (secondary N) is 1. The first-order valence-electron chi connectivity index (χ1n) is 6.20. The number of nitrogens with zero attached hydrogens (tertiary/aromatic N) is 2. The molecule has 7 heteroatoms. The number of urea groups is 1. The largest absolute Gasteiger partial charge is 0.391 e. The van der Waals surface area contributed by atoms with Gasteiger partial charge in [-0.3, -0.25) is 4.90 Å².